The van der Waals surface area contributed by atoms with Crippen molar-refractivity contribution in [2.24, 2.45) is 5.92 Å². The van der Waals surface area contributed by atoms with Gasteiger partial charge in [-0.1, -0.05) is 41.9 Å². The number of anilines is 1. The van der Waals surface area contributed by atoms with E-state index in [9.17, 15) is 4.79 Å². The highest BCUT2D eigenvalue weighted by Gasteiger charge is 2.26. The number of likely N-dealkylation sites (tertiary alicyclic amines) is 1. The maximum absolute atomic E-state index is 12.8. The number of rotatable bonds is 6. The standard InChI is InChI=1S/C25H33ClN4O/c1-28-13-15-30(16-14-28)23-10-8-20(9-11-23)17-27-25(31)22-6-4-12-29(19-22)18-21-5-2-3-7-24(21)26/h2-3,5,7-11,22H,4,6,12-19H2,1H3,(H,27,31)/t22-/m1/s1. The minimum absolute atomic E-state index is 0.0425. The van der Waals surface area contributed by atoms with Crippen molar-refractivity contribution in [2.75, 3.05) is 51.2 Å². The molecule has 2 fully saturated rings. The van der Waals surface area contributed by atoms with Crippen molar-refractivity contribution in [3.05, 3.63) is 64.7 Å². The second-order valence-corrected chi connectivity index (χ2v) is 9.25. The molecule has 166 valence electrons. The molecule has 4 rings (SSSR count). The van der Waals surface area contributed by atoms with Crippen molar-refractivity contribution in [1.82, 2.24) is 15.1 Å². The van der Waals surface area contributed by atoms with Gasteiger partial charge >= 0.3 is 0 Å². The third-order valence-corrected chi connectivity index (χ3v) is 6.87. The van der Waals surface area contributed by atoms with E-state index in [0.717, 1.165) is 74.8 Å². The molecule has 0 aliphatic carbocycles. The van der Waals surface area contributed by atoms with Crippen LogP contribution in [-0.4, -0.2) is 62.0 Å². The number of halogens is 1. The van der Waals surface area contributed by atoms with Crippen molar-refractivity contribution in [2.45, 2.75) is 25.9 Å². The highest BCUT2D eigenvalue weighted by Crippen LogP contribution is 2.22. The predicted octanol–water partition coefficient (Wildman–Crippen LogP) is 3.62. The number of nitrogens with zero attached hydrogens (tertiary/aromatic N) is 3. The van der Waals surface area contributed by atoms with Crippen molar-refractivity contribution in [1.29, 1.82) is 0 Å². The maximum Gasteiger partial charge on any atom is 0.224 e. The largest absolute Gasteiger partial charge is 0.369 e. The van der Waals surface area contributed by atoms with Gasteiger partial charge in [0.05, 0.1) is 5.92 Å². The van der Waals surface area contributed by atoms with Gasteiger partial charge in [0.2, 0.25) is 5.91 Å². The zero-order valence-electron chi connectivity index (χ0n) is 18.4. The summed E-state index contributed by atoms with van der Waals surface area (Å²) in [7, 11) is 2.17. The predicted molar refractivity (Wildman–Crippen MR) is 127 cm³/mol. The van der Waals surface area contributed by atoms with Gasteiger partial charge in [-0.3, -0.25) is 9.69 Å². The minimum atomic E-state index is 0.0425. The maximum atomic E-state index is 12.8. The van der Waals surface area contributed by atoms with Crippen LogP contribution in [-0.2, 0) is 17.9 Å². The molecule has 0 unspecified atom stereocenters. The van der Waals surface area contributed by atoms with Crippen LogP contribution in [0.5, 0.6) is 0 Å². The van der Waals surface area contributed by atoms with Gasteiger partial charge < -0.3 is 15.1 Å². The van der Waals surface area contributed by atoms with E-state index in [1.165, 1.54) is 5.69 Å². The van der Waals surface area contributed by atoms with Crippen molar-refractivity contribution in [3.63, 3.8) is 0 Å². The molecular formula is C25H33ClN4O. The Kier molecular flexibility index (Phi) is 7.49. The van der Waals surface area contributed by atoms with Crippen LogP contribution < -0.4 is 10.2 Å². The molecule has 1 amide bonds. The van der Waals surface area contributed by atoms with Crippen molar-refractivity contribution >= 4 is 23.2 Å². The zero-order valence-corrected chi connectivity index (χ0v) is 19.2. The van der Waals surface area contributed by atoms with Gasteiger partial charge in [-0.05, 0) is 55.8 Å². The lowest BCUT2D eigenvalue weighted by atomic mass is 9.96. The second kappa shape index (κ2) is 10.5. The Hall–Kier alpha value is -2.08. The first-order chi connectivity index (χ1) is 15.1. The molecule has 2 aliphatic heterocycles. The Morgan fingerprint density at radius 3 is 2.52 bits per heavy atom. The van der Waals surface area contributed by atoms with Gasteiger partial charge in [0.1, 0.15) is 0 Å². The lowest BCUT2D eigenvalue weighted by Crippen LogP contribution is -2.44. The van der Waals surface area contributed by atoms with E-state index in [0.29, 0.717) is 6.54 Å². The number of carbonyl (C=O) groups excluding carboxylic acids is 1. The van der Waals surface area contributed by atoms with Gasteiger partial charge in [-0.15, -0.1) is 0 Å². The molecule has 2 aromatic carbocycles. The Morgan fingerprint density at radius 1 is 1.03 bits per heavy atom. The van der Waals surface area contributed by atoms with Crippen LogP contribution in [0.1, 0.15) is 24.0 Å². The summed E-state index contributed by atoms with van der Waals surface area (Å²) in [4.78, 5) is 19.9. The van der Waals surface area contributed by atoms with E-state index in [1.807, 2.05) is 18.2 Å². The molecule has 31 heavy (non-hydrogen) atoms. The van der Waals surface area contributed by atoms with E-state index in [-0.39, 0.29) is 11.8 Å². The normalized spacial score (nSPS) is 20.6. The molecular weight excluding hydrogens is 408 g/mol. The summed E-state index contributed by atoms with van der Waals surface area (Å²) in [5, 5.41) is 3.96. The lowest BCUT2D eigenvalue weighted by Gasteiger charge is -2.34. The first-order valence-electron chi connectivity index (χ1n) is 11.3. The van der Waals surface area contributed by atoms with Crippen molar-refractivity contribution in [3.8, 4) is 0 Å². The molecule has 2 aromatic rings. The number of hydrogen-bond acceptors (Lipinski definition) is 4. The second-order valence-electron chi connectivity index (χ2n) is 8.84. The van der Waals surface area contributed by atoms with Crippen LogP contribution in [0.15, 0.2) is 48.5 Å². The fraction of sp³-hybridized carbons (Fsp3) is 0.480. The van der Waals surface area contributed by atoms with Crippen molar-refractivity contribution < 1.29 is 4.79 Å². The molecule has 1 atom stereocenters. The molecule has 5 nitrogen and oxygen atoms in total. The highest BCUT2D eigenvalue weighted by molar-refractivity contribution is 6.31. The van der Waals surface area contributed by atoms with E-state index in [2.05, 4.69) is 57.4 Å². The average molecular weight is 441 g/mol. The minimum Gasteiger partial charge on any atom is -0.369 e. The molecule has 0 saturated carbocycles. The topological polar surface area (TPSA) is 38.8 Å². The fourth-order valence-electron chi connectivity index (χ4n) is 4.50. The van der Waals surface area contributed by atoms with Crippen LogP contribution in [0.2, 0.25) is 5.02 Å². The summed E-state index contributed by atoms with van der Waals surface area (Å²) in [5.74, 6) is 0.202. The summed E-state index contributed by atoms with van der Waals surface area (Å²) in [6.07, 6.45) is 2.00. The summed E-state index contributed by atoms with van der Waals surface area (Å²) in [6, 6.07) is 16.6. The summed E-state index contributed by atoms with van der Waals surface area (Å²) < 4.78 is 0. The molecule has 1 N–H and O–H groups in total. The highest BCUT2D eigenvalue weighted by atomic mass is 35.5. The molecule has 0 radical (unpaired) electrons. The van der Waals surface area contributed by atoms with Crippen LogP contribution in [0, 0.1) is 5.92 Å². The van der Waals surface area contributed by atoms with E-state index >= 15 is 0 Å². The number of piperidine rings is 1. The Morgan fingerprint density at radius 2 is 1.77 bits per heavy atom. The van der Waals surface area contributed by atoms with Gasteiger partial charge in [0, 0.05) is 56.5 Å². The molecule has 2 saturated heterocycles. The molecule has 0 spiro atoms. The fourth-order valence-corrected chi connectivity index (χ4v) is 4.70. The number of carbonyl (C=O) groups is 1. The number of benzene rings is 2. The van der Waals surface area contributed by atoms with Crippen LogP contribution >= 0.6 is 11.6 Å². The summed E-state index contributed by atoms with van der Waals surface area (Å²) in [5.41, 5.74) is 3.55. The number of hydrogen-bond donors (Lipinski definition) is 1. The quantitative estimate of drug-likeness (QED) is 0.744. The first-order valence-corrected chi connectivity index (χ1v) is 11.7. The van der Waals surface area contributed by atoms with E-state index in [1.54, 1.807) is 0 Å². The Labute approximate surface area is 191 Å². The summed E-state index contributed by atoms with van der Waals surface area (Å²) >= 11 is 6.32. The monoisotopic (exact) mass is 440 g/mol. The van der Waals surface area contributed by atoms with Gasteiger partial charge in [-0.2, -0.15) is 0 Å². The summed E-state index contributed by atoms with van der Waals surface area (Å²) in [6.45, 7) is 7.54. The SMILES string of the molecule is CN1CCN(c2ccc(CNC(=O)[C@@H]3CCCN(Cc4ccccc4Cl)C3)cc2)CC1. The van der Waals surface area contributed by atoms with Crippen LogP contribution in [0.25, 0.3) is 0 Å². The molecule has 0 aromatic heterocycles. The lowest BCUT2D eigenvalue weighted by molar-refractivity contribution is -0.126. The number of nitrogens with one attached hydrogen (secondary N) is 1. The van der Waals surface area contributed by atoms with E-state index < -0.39 is 0 Å². The van der Waals surface area contributed by atoms with Gasteiger partial charge in [-0.25, -0.2) is 0 Å². The Bertz CT molecular complexity index is 864. The third kappa shape index (κ3) is 6.00. The van der Waals surface area contributed by atoms with Gasteiger partial charge in [0.15, 0.2) is 0 Å². The molecule has 6 heteroatoms. The number of piperazine rings is 1. The first kappa shape index (κ1) is 22.1. The number of amides is 1. The Balaban J connectivity index is 1.26. The average Bonchev–Trinajstić information content (AvgIpc) is 2.80. The van der Waals surface area contributed by atoms with Crippen LogP contribution in [0.4, 0.5) is 5.69 Å². The molecule has 0 bridgehead atoms. The van der Waals surface area contributed by atoms with Crippen LogP contribution in [0.3, 0.4) is 0 Å². The molecule has 2 heterocycles. The van der Waals surface area contributed by atoms with E-state index in [4.69, 9.17) is 11.6 Å². The zero-order chi connectivity index (χ0) is 21.6. The molecule has 2 aliphatic rings. The third-order valence-electron chi connectivity index (χ3n) is 6.50. The van der Waals surface area contributed by atoms with Gasteiger partial charge in [0.25, 0.3) is 0 Å². The number of likely N-dealkylation sites (N-methyl/N-ethyl adjacent to an activating group) is 1. The smallest absolute Gasteiger partial charge is 0.224 e.